The number of hydrogen-bond acceptors (Lipinski definition) is 17. The summed E-state index contributed by atoms with van der Waals surface area (Å²) in [5.41, 5.74) is 9.80. The lowest BCUT2D eigenvalue weighted by Crippen LogP contribution is -2.68. The first-order valence-electron chi connectivity index (χ1n) is 23.4. The Bertz CT molecular complexity index is 3010. The standard InChI is InChI=1S/C25H28N8S.C20H23N7.C5H5NOS/c1-15-6-19(8-20-7-16(2)30-31-20)29-25(28-15)18-4-5-24(27-10-18)32-12-21-9-22(13-32)33(21)14-23-11-26-17(3)34-23;1-12-5-15(7-16-6-13(2)25-26-16)24-20(22-12)14-3-4-19(21-9-14)27-10-17-8-18(11-27)23-17;1-4-6-2-5(3-7)8-4/h4-7,10-11,21-22H,8-9,12-14H2,1-3H3,(H,30,31);3-6,9,17-18,23H,7-8,10-11H2,1-2H3,(H,25,26);2-3H,1H3. The van der Waals surface area contributed by atoms with Gasteiger partial charge in [-0.1, -0.05) is 0 Å². The number of anilines is 2. The summed E-state index contributed by atoms with van der Waals surface area (Å²) < 4.78 is 0. The molecule has 6 saturated heterocycles. The molecule has 4 unspecified atom stereocenters. The summed E-state index contributed by atoms with van der Waals surface area (Å²) >= 11 is 3.22. The molecule has 6 fully saturated rings. The Morgan fingerprint density at radius 2 is 1.12 bits per heavy atom. The van der Waals surface area contributed by atoms with Gasteiger partial charge in [-0.05, 0) is 103 Å². The zero-order valence-corrected chi connectivity index (χ0v) is 41.4. The lowest BCUT2D eigenvalue weighted by atomic mass is 9.87. The van der Waals surface area contributed by atoms with Crippen molar-refractivity contribution in [1.82, 2.24) is 70.5 Å². The van der Waals surface area contributed by atoms with Crippen molar-refractivity contribution in [1.29, 1.82) is 0 Å². The second-order valence-electron chi connectivity index (χ2n) is 18.5. The molecule has 14 heterocycles. The molecule has 69 heavy (non-hydrogen) atoms. The summed E-state index contributed by atoms with van der Waals surface area (Å²) in [7, 11) is 0. The molecular weight excluding hydrogens is 905 g/mol. The molecular formula is C50H56N16OS2. The van der Waals surface area contributed by atoms with E-state index >= 15 is 0 Å². The van der Waals surface area contributed by atoms with Crippen LogP contribution in [0.15, 0.2) is 73.3 Å². The van der Waals surface area contributed by atoms with E-state index in [1.54, 1.807) is 6.20 Å². The topological polar surface area (TPSA) is 199 Å². The van der Waals surface area contributed by atoms with Gasteiger partial charge in [-0.25, -0.2) is 39.9 Å². The molecule has 8 aromatic rings. The van der Waals surface area contributed by atoms with Gasteiger partial charge in [0.15, 0.2) is 17.9 Å². The second-order valence-corrected chi connectivity index (χ2v) is 21.0. The van der Waals surface area contributed by atoms with E-state index in [9.17, 15) is 4.79 Å². The van der Waals surface area contributed by atoms with Crippen LogP contribution in [0.25, 0.3) is 22.8 Å². The highest BCUT2D eigenvalue weighted by atomic mass is 32.1. The summed E-state index contributed by atoms with van der Waals surface area (Å²) in [6.45, 7) is 17.1. The molecule has 0 amide bonds. The predicted molar refractivity (Wildman–Crippen MR) is 269 cm³/mol. The zero-order chi connectivity index (χ0) is 47.6. The highest BCUT2D eigenvalue weighted by Gasteiger charge is 2.45. The van der Waals surface area contributed by atoms with Gasteiger partial charge in [0.25, 0.3) is 0 Å². The highest BCUT2D eigenvalue weighted by molar-refractivity contribution is 7.13. The summed E-state index contributed by atoms with van der Waals surface area (Å²) in [5, 5.41) is 20.3. The van der Waals surface area contributed by atoms with Crippen LogP contribution in [0, 0.1) is 41.5 Å². The van der Waals surface area contributed by atoms with E-state index in [-0.39, 0.29) is 0 Å². The zero-order valence-electron chi connectivity index (χ0n) is 39.7. The number of aldehydes is 1. The van der Waals surface area contributed by atoms with Crippen LogP contribution in [0.1, 0.15) is 83.0 Å². The van der Waals surface area contributed by atoms with E-state index in [2.05, 4.69) is 103 Å². The van der Waals surface area contributed by atoms with Crippen LogP contribution in [-0.4, -0.2) is 122 Å². The van der Waals surface area contributed by atoms with E-state index in [1.807, 2.05) is 82.7 Å². The van der Waals surface area contributed by atoms with Gasteiger partial charge < -0.3 is 15.1 Å². The van der Waals surface area contributed by atoms with Crippen LogP contribution in [0.2, 0.25) is 0 Å². The molecule has 0 aromatic carbocycles. The number of piperazine rings is 2. The van der Waals surface area contributed by atoms with Crippen molar-refractivity contribution < 1.29 is 4.79 Å². The van der Waals surface area contributed by atoms with Gasteiger partial charge in [0, 0.05) is 133 Å². The number of aromatic nitrogens is 12. The number of fused-ring (bicyclic) bond motifs is 4. The van der Waals surface area contributed by atoms with Crippen molar-refractivity contribution in [3.05, 3.63) is 139 Å². The molecule has 8 aromatic heterocycles. The Balaban J connectivity index is 0.000000141. The molecule has 19 heteroatoms. The molecule has 17 nitrogen and oxygen atoms in total. The number of thiazole rings is 2. The van der Waals surface area contributed by atoms with Crippen LogP contribution in [-0.2, 0) is 19.4 Å². The number of nitrogens with zero attached hydrogens (tertiary/aromatic N) is 13. The number of aromatic amines is 2. The molecule has 354 valence electrons. The summed E-state index contributed by atoms with van der Waals surface area (Å²) in [5.74, 6) is 3.51. The van der Waals surface area contributed by atoms with Crippen molar-refractivity contribution in [2.75, 3.05) is 36.0 Å². The third-order valence-electron chi connectivity index (χ3n) is 12.7. The molecule has 0 spiro atoms. The van der Waals surface area contributed by atoms with Crippen LogP contribution in [0.5, 0.6) is 0 Å². The molecule has 4 atom stereocenters. The van der Waals surface area contributed by atoms with Gasteiger partial charge in [-0.15, -0.1) is 22.7 Å². The molecule has 14 rings (SSSR count). The van der Waals surface area contributed by atoms with Crippen LogP contribution in [0.3, 0.4) is 0 Å². The van der Waals surface area contributed by atoms with Gasteiger partial charge in [-0.2, -0.15) is 10.2 Å². The first kappa shape index (κ1) is 46.1. The maximum absolute atomic E-state index is 9.99. The quantitative estimate of drug-likeness (QED) is 0.112. The Kier molecular flexibility index (Phi) is 13.4. The number of rotatable bonds is 11. The number of carbonyl (C=O) groups is 1. The molecule has 6 aliphatic rings. The van der Waals surface area contributed by atoms with Gasteiger partial charge >= 0.3 is 0 Å². The Hall–Kier alpha value is -6.67. The van der Waals surface area contributed by atoms with Crippen LogP contribution < -0.4 is 15.1 Å². The molecule has 0 radical (unpaired) electrons. The maximum atomic E-state index is 9.99. The second kappa shape index (κ2) is 20.1. The van der Waals surface area contributed by atoms with Gasteiger partial charge in [0.05, 0.1) is 37.7 Å². The summed E-state index contributed by atoms with van der Waals surface area (Å²) in [4.78, 5) is 56.0. The summed E-state index contributed by atoms with van der Waals surface area (Å²) in [6.07, 6.45) is 12.2. The van der Waals surface area contributed by atoms with Crippen molar-refractivity contribution in [3.8, 4) is 22.8 Å². The normalized spacial score (nSPS) is 19.2. The Morgan fingerprint density at radius 1 is 0.594 bits per heavy atom. The monoisotopic (exact) mass is 960 g/mol. The number of piperidine rings is 2. The fourth-order valence-corrected chi connectivity index (χ4v) is 10.9. The SMILES string of the molecule is Cc1cc(Cc2cc(C)[nH]n2)nc(-c2ccc(N3CC4CC(C3)N4)nc2)n1.Cc1cc(Cc2cc(C)[nH]n2)nc(-c2ccc(N3CC4CC(C3)N4Cc3cnc(C)s3)nc2)n1.Cc1ncc(C=O)s1. The van der Waals surface area contributed by atoms with Crippen molar-refractivity contribution in [2.45, 2.75) is 97.9 Å². The number of pyridine rings is 2. The van der Waals surface area contributed by atoms with Gasteiger partial charge in [-0.3, -0.25) is 19.9 Å². The van der Waals surface area contributed by atoms with Crippen LogP contribution >= 0.6 is 22.7 Å². The largest absolute Gasteiger partial charge is 0.353 e. The fraction of sp³-hybridized carbons (Fsp3) is 0.380. The number of H-pyrrole nitrogens is 2. The number of hydrogen-bond donors (Lipinski definition) is 3. The molecule has 6 aliphatic heterocycles. The van der Waals surface area contributed by atoms with Crippen molar-refractivity contribution in [3.63, 3.8) is 0 Å². The number of aryl methyl sites for hydroxylation is 6. The number of carbonyl (C=O) groups excluding carboxylic acids is 1. The van der Waals surface area contributed by atoms with Gasteiger partial charge in [0.2, 0.25) is 0 Å². The minimum Gasteiger partial charge on any atom is -0.353 e. The van der Waals surface area contributed by atoms with E-state index in [0.29, 0.717) is 47.7 Å². The van der Waals surface area contributed by atoms with Crippen molar-refractivity contribution >= 4 is 40.6 Å². The number of nitrogens with one attached hydrogen (secondary N) is 3. The maximum Gasteiger partial charge on any atom is 0.161 e. The first-order chi connectivity index (χ1) is 33.4. The molecule has 0 aliphatic carbocycles. The molecule has 3 N–H and O–H groups in total. The average molecular weight is 961 g/mol. The molecule has 0 saturated carbocycles. The first-order valence-corrected chi connectivity index (χ1v) is 25.0. The van der Waals surface area contributed by atoms with Crippen molar-refractivity contribution in [2.24, 2.45) is 0 Å². The lowest BCUT2D eigenvalue weighted by Gasteiger charge is -2.56. The lowest BCUT2D eigenvalue weighted by molar-refractivity contribution is -0.00787. The van der Waals surface area contributed by atoms with Gasteiger partial charge in [0.1, 0.15) is 11.6 Å². The average Bonchev–Trinajstić information content (AvgIpc) is 4.17. The predicted octanol–water partition coefficient (Wildman–Crippen LogP) is 6.98. The van der Waals surface area contributed by atoms with E-state index in [0.717, 1.165) is 123 Å². The minimum atomic E-state index is 0.593. The van der Waals surface area contributed by atoms with E-state index in [1.165, 1.54) is 29.1 Å². The fourth-order valence-electron chi connectivity index (χ4n) is 9.54. The Morgan fingerprint density at radius 3 is 1.54 bits per heavy atom. The Labute approximate surface area is 409 Å². The minimum absolute atomic E-state index is 0.593. The third kappa shape index (κ3) is 11.1. The smallest absolute Gasteiger partial charge is 0.161 e. The highest BCUT2D eigenvalue weighted by Crippen LogP contribution is 2.36. The van der Waals surface area contributed by atoms with E-state index in [4.69, 9.17) is 15.0 Å². The van der Waals surface area contributed by atoms with E-state index < -0.39 is 0 Å². The van der Waals surface area contributed by atoms with Crippen LogP contribution in [0.4, 0.5) is 11.6 Å². The third-order valence-corrected chi connectivity index (χ3v) is 14.5. The molecule has 4 bridgehead atoms. The summed E-state index contributed by atoms with van der Waals surface area (Å²) in [6, 6.07) is 18.9.